The van der Waals surface area contributed by atoms with Crippen LogP contribution in [0.15, 0.2) is 29.4 Å². The summed E-state index contributed by atoms with van der Waals surface area (Å²) in [6.07, 6.45) is 1.65. The molecule has 0 saturated heterocycles. The molecule has 2 aromatic heterocycles. The normalized spacial score (nSPS) is 15.6. The fraction of sp³-hybridized carbons (Fsp3) is 0. The second kappa shape index (κ2) is 3.42. The number of carbonyl (C=O) groups is 2. The third kappa shape index (κ3) is 1.28. The standard InChI is InChI=1S/C11H4Cl2N2O2/c12-6-7(13)10(16)11(17)9-8(6)14-5-3-1-2-4-15(5)9/h1-4H. The lowest BCUT2D eigenvalue weighted by Gasteiger charge is -2.09. The first-order valence-electron chi connectivity index (χ1n) is 4.73. The van der Waals surface area contributed by atoms with Crippen molar-refractivity contribution in [2.75, 3.05) is 0 Å². The van der Waals surface area contributed by atoms with E-state index in [1.54, 1.807) is 24.4 Å². The first-order valence-corrected chi connectivity index (χ1v) is 5.48. The topological polar surface area (TPSA) is 51.4 Å². The molecule has 1 aliphatic carbocycles. The van der Waals surface area contributed by atoms with E-state index in [1.807, 2.05) is 0 Å². The van der Waals surface area contributed by atoms with Crippen LogP contribution in [0.1, 0.15) is 16.2 Å². The largest absolute Gasteiger partial charge is 0.296 e. The summed E-state index contributed by atoms with van der Waals surface area (Å²) in [6, 6.07) is 5.23. The number of aromatic nitrogens is 2. The van der Waals surface area contributed by atoms with Crippen LogP contribution in [0.4, 0.5) is 0 Å². The molecular formula is C11H4Cl2N2O2. The van der Waals surface area contributed by atoms with Crippen molar-refractivity contribution >= 4 is 45.4 Å². The molecule has 0 aliphatic heterocycles. The van der Waals surface area contributed by atoms with E-state index in [9.17, 15) is 9.59 Å². The summed E-state index contributed by atoms with van der Waals surface area (Å²) in [5.41, 5.74) is 0.968. The van der Waals surface area contributed by atoms with Gasteiger partial charge in [-0.2, -0.15) is 0 Å². The Labute approximate surface area is 105 Å². The van der Waals surface area contributed by atoms with Crippen molar-refractivity contribution in [3.05, 3.63) is 40.8 Å². The molecule has 0 atom stereocenters. The SMILES string of the molecule is O=C1C(=O)c2c(nc3ccccn23)C(Cl)=C1Cl. The number of hydrogen-bond acceptors (Lipinski definition) is 3. The lowest BCUT2D eigenvalue weighted by atomic mass is 10.1. The summed E-state index contributed by atoms with van der Waals surface area (Å²) in [5, 5.41) is -0.248. The second-order valence-electron chi connectivity index (χ2n) is 3.52. The highest BCUT2D eigenvalue weighted by atomic mass is 35.5. The van der Waals surface area contributed by atoms with Gasteiger partial charge in [0.2, 0.25) is 5.78 Å². The predicted octanol–water partition coefficient (Wildman–Crippen LogP) is 2.25. The van der Waals surface area contributed by atoms with E-state index in [1.165, 1.54) is 4.40 Å². The number of Topliss-reactive ketones (excluding diaryl/α,β-unsaturated/α-hetero) is 2. The maximum Gasteiger partial charge on any atom is 0.253 e. The van der Waals surface area contributed by atoms with Gasteiger partial charge in [0.05, 0.1) is 5.03 Å². The summed E-state index contributed by atoms with van der Waals surface area (Å²) < 4.78 is 1.53. The summed E-state index contributed by atoms with van der Waals surface area (Å²) in [5.74, 6) is -1.48. The molecule has 0 radical (unpaired) electrons. The molecule has 2 aromatic rings. The summed E-state index contributed by atoms with van der Waals surface area (Å²) in [4.78, 5) is 27.6. The van der Waals surface area contributed by atoms with Gasteiger partial charge in [0.15, 0.2) is 0 Å². The van der Waals surface area contributed by atoms with Crippen molar-refractivity contribution in [1.82, 2.24) is 9.38 Å². The van der Waals surface area contributed by atoms with Crippen molar-refractivity contribution in [3.63, 3.8) is 0 Å². The number of carbonyl (C=O) groups excluding carboxylic acids is 2. The van der Waals surface area contributed by atoms with Gasteiger partial charge in [0, 0.05) is 6.20 Å². The zero-order valence-corrected chi connectivity index (χ0v) is 9.79. The molecule has 2 heterocycles. The molecule has 0 unspecified atom stereocenters. The van der Waals surface area contributed by atoms with Crippen LogP contribution in [0.5, 0.6) is 0 Å². The van der Waals surface area contributed by atoms with E-state index < -0.39 is 11.6 Å². The number of allylic oxidation sites excluding steroid dienone is 1. The van der Waals surface area contributed by atoms with Crippen molar-refractivity contribution in [2.45, 2.75) is 0 Å². The average Bonchev–Trinajstić information content (AvgIpc) is 2.73. The fourth-order valence-electron chi connectivity index (χ4n) is 1.78. The molecule has 84 valence electrons. The zero-order valence-electron chi connectivity index (χ0n) is 8.28. The van der Waals surface area contributed by atoms with Gasteiger partial charge in [-0.3, -0.25) is 14.0 Å². The number of imidazole rings is 1. The second-order valence-corrected chi connectivity index (χ2v) is 4.28. The van der Waals surface area contributed by atoms with Crippen molar-refractivity contribution in [3.8, 4) is 0 Å². The molecule has 0 N–H and O–H groups in total. The maximum absolute atomic E-state index is 11.9. The van der Waals surface area contributed by atoms with Gasteiger partial charge < -0.3 is 0 Å². The predicted molar refractivity (Wildman–Crippen MR) is 63.2 cm³/mol. The van der Waals surface area contributed by atoms with E-state index in [4.69, 9.17) is 23.2 Å². The monoisotopic (exact) mass is 266 g/mol. The Balaban J connectivity index is 2.48. The Hall–Kier alpha value is -1.65. The van der Waals surface area contributed by atoms with E-state index >= 15 is 0 Å². The van der Waals surface area contributed by atoms with Crippen LogP contribution >= 0.6 is 23.2 Å². The van der Waals surface area contributed by atoms with E-state index in [0.29, 0.717) is 5.65 Å². The summed E-state index contributed by atoms with van der Waals surface area (Å²) >= 11 is 11.6. The van der Waals surface area contributed by atoms with Crippen LogP contribution in [0, 0.1) is 0 Å². The molecule has 0 aromatic carbocycles. The van der Waals surface area contributed by atoms with Gasteiger partial charge in [0.25, 0.3) is 5.78 Å². The quantitative estimate of drug-likeness (QED) is 0.688. The van der Waals surface area contributed by atoms with E-state index in [2.05, 4.69) is 4.98 Å². The Morgan fingerprint density at radius 3 is 2.59 bits per heavy atom. The first-order chi connectivity index (χ1) is 8.11. The number of rotatable bonds is 0. The Morgan fingerprint density at radius 2 is 1.82 bits per heavy atom. The van der Waals surface area contributed by atoms with Crippen molar-refractivity contribution < 1.29 is 9.59 Å². The molecule has 17 heavy (non-hydrogen) atoms. The number of hydrogen-bond donors (Lipinski definition) is 0. The molecule has 3 rings (SSSR count). The molecule has 4 nitrogen and oxygen atoms in total. The smallest absolute Gasteiger partial charge is 0.253 e. The average molecular weight is 267 g/mol. The molecule has 0 fully saturated rings. The number of nitrogens with zero attached hydrogens (tertiary/aromatic N) is 2. The molecule has 0 saturated carbocycles. The zero-order chi connectivity index (χ0) is 12.2. The highest BCUT2D eigenvalue weighted by Crippen LogP contribution is 2.34. The van der Waals surface area contributed by atoms with Crippen molar-refractivity contribution in [1.29, 1.82) is 0 Å². The Bertz CT molecular complexity index is 715. The van der Waals surface area contributed by atoms with Crippen molar-refractivity contribution in [2.24, 2.45) is 0 Å². The third-order valence-electron chi connectivity index (χ3n) is 2.55. The van der Waals surface area contributed by atoms with Gasteiger partial charge >= 0.3 is 0 Å². The minimum absolute atomic E-state index is 0.0231. The first kappa shape index (κ1) is 10.5. The third-order valence-corrected chi connectivity index (χ3v) is 3.38. The van der Waals surface area contributed by atoms with Crippen LogP contribution in [0.25, 0.3) is 10.7 Å². The van der Waals surface area contributed by atoms with Crippen LogP contribution in [-0.4, -0.2) is 21.0 Å². The molecule has 0 spiro atoms. The van der Waals surface area contributed by atoms with Crippen LogP contribution in [-0.2, 0) is 4.79 Å². The van der Waals surface area contributed by atoms with Crippen LogP contribution < -0.4 is 0 Å². The van der Waals surface area contributed by atoms with Gasteiger partial charge in [-0.15, -0.1) is 0 Å². The molecular weight excluding hydrogens is 263 g/mol. The van der Waals surface area contributed by atoms with Gasteiger partial charge in [-0.25, -0.2) is 4.98 Å². The van der Waals surface area contributed by atoms with Gasteiger partial charge in [-0.1, -0.05) is 29.3 Å². The summed E-state index contributed by atoms with van der Waals surface area (Å²) in [6.45, 7) is 0. The molecule has 0 amide bonds. The number of pyridine rings is 1. The fourth-order valence-corrected chi connectivity index (χ4v) is 2.17. The molecule has 0 bridgehead atoms. The number of fused-ring (bicyclic) bond motifs is 3. The highest BCUT2D eigenvalue weighted by Gasteiger charge is 2.35. The number of halogens is 2. The molecule has 1 aliphatic rings. The lowest BCUT2D eigenvalue weighted by Crippen LogP contribution is -2.22. The maximum atomic E-state index is 11.9. The van der Waals surface area contributed by atoms with Crippen LogP contribution in [0.3, 0.4) is 0 Å². The van der Waals surface area contributed by atoms with E-state index in [0.717, 1.165) is 0 Å². The van der Waals surface area contributed by atoms with Gasteiger partial charge in [0.1, 0.15) is 22.1 Å². The minimum Gasteiger partial charge on any atom is -0.296 e. The Kier molecular flexibility index (Phi) is 2.11. The van der Waals surface area contributed by atoms with E-state index in [-0.39, 0.29) is 21.5 Å². The molecule has 6 heteroatoms. The highest BCUT2D eigenvalue weighted by molar-refractivity contribution is 6.70. The summed E-state index contributed by atoms with van der Waals surface area (Å²) in [7, 11) is 0. The number of ketones is 2. The minimum atomic E-state index is -0.796. The van der Waals surface area contributed by atoms with Crippen LogP contribution in [0.2, 0.25) is 0 Å². The lowest BCUT2D eigenvalue weighted by molar-refractivity contribution is -0.111. The van der Waals surface area contributed by atoms with Gasteiger partial charge in [-0.05, 0) is 12.1 Å². The Morgan fingerprint density at radius 1 is 1.06 bits per heavy atom.